The maximum Gasteiger partial charge on any atom is 0.322 e. The number of ether oxygens (including phenoxy) is 1. The van der Waals surface area contributed by atoms with E-state index in [0.717, 1.165) is 61.2 Å². The Hall–Kier alpha value is -2.05. The van der Waals surface area contributed by atoms with Crippen LogP contribution in [-0.4, -0.2) is 43.6 Å². The molecular formula is C28H42ClN3O3. The van der Waals surface area contributed by atoms with Gasteiger partial charge in [-0.25, -0.2) is 4.79 Å². The Labute approximate surface area is 215 Å². The summed E-state index contributed by atoms with van der Waals surface area (Å²) in [6, 6.07) is 6.15. The van der Waals surface area contributed by atoms with Gasteiger partial charge in [-0.1, -0.05) is 44.5 Å². The number of carbonyl (C=O) groups excluding carboxylic acids is 2. The minimum Gasteiger partial charge on any atom is -0.466 e. The smallest absolute Gasteiger partial charge is 0.322 e. The first-order chi connectivity index (χ1) is 16.6. The second kappa shape index (κ2) is 11.8. The lowest BCUT2D eigenvalue weighted by Crippen LogP contribution is -2.58. The normalized spacial score (nSPS) is 22.3. The molecule has 2 amide bonds. The van der Waals surface area contributed by atoms with E-state index < -0.39 is 5.54 Å². The predicted octanol–water partition coefficient (Wildman–Crippen LogP) is 5.79. The van der Waals surface area contributed by atoms with Crippen molar-refractivity contribution in [3.05, 3.63) is 46.1 Å². The van der Waals surface area contributed by atoms with Crippen LogP contribution in [0.1, 0.15) is 77.3 Å². The lowest BCUT2D eigenvalue weighted by atomic mass is 9.66. The first-order valence-corrected chi connectivity index (χ1v) is 13.4. The van der Waals surface area contributed by atoms with Crippen LogP contribution in [0.2, 0.25) is 5.02 Å². The standard InChI is InChI=1S/C28H42ClN3O3/c1-6-35-25(33)13-17-32-19-23-20(12-16-30-5)8-7-14-28(23,31-26(32)34)22-10-9-21(24(29)18-22)11-15-27(2,3)4/h9-10,18-20,30H,6-8,11-17H2,1-5H3,(H,31,34). The maximum atomic E-state index is 13.3. The van der Waals surface area contributed by atoms with E-state index >= 15 is 0 Å². The number of fused-ring (bicyclic) bond motifs is 1. The van der Waals surface area contributed by atoms with Crippen LogP contribution < -0.4 is 10.6 Å². The van der Waals surface area contributed by atoms with Gasteiger partial charge in [-0.2, -0.15) is 0 Å². The number of aryl methyl sites for hydroxylation is 1. The van der Waals surface area contributed by atoms with Crippen molar-refractivity contribution in [2.75, 3.05) is 26.7 Å². The summed E-state index contributed by atoms with van der Waals surface area (Å²) in [6.07, 6.45) is 8.09. The molecule has 2 aliphatic rings. The van der Waals surface area contributed by atoms with Crippen LogP contribution in [0.3, 0.4) is 0 Å². The number of amides is 2. The molecule has 0 bridgehead atoms. The Balaban J connectivity index is 1.94. The largest absolute Gasteiger partial charge is 0.466 e. The summed E-state index contributed by atoms with van der Waals surface area (Å²) in [5.41, 5.74) is 3.07. The number of hydrogen-bond acceptors (Lipinski definition) is 4. The first-order valence-electron chi connectivity index (χ1n) is 13.0. The summed E-state index contributed by atoms with van der Waals surface area (Å²) in [4.78, 5) is 26.8. The van der Waals surface area contributed by atoms with Gasteiger partial charge in [0, 0.05) is 17.8 Å². The molecule has 1 aliphatic heterocycles. The van der Waals surface area contributed by atoms with E-state index in [4.69, 9.17) is 16.3 Å². The Morgan fingerprint density at radius 2 is 2.11 bits per heavy atom. The van der Waals surface area contributed by atoms with E-state index in [0.29, 0.717) is 19.1 Å². The second-order valence-corrected chi connectivity index (χ2v) is 11.4. The quantitative estimate of drug-likeness (QED) is 0.397. The Kier molecular flexibility index (Phi) is 9.28. The molecule has 35 heavy (non-hydrogen) atoms. The second-order valence-electron chi connectivity index (χ2n) is 11.0. The van der Waals surface area contributed by atoms with Gasteiger partial charge in [-0.15, -0.1) is 0 Å². The van der Waals surface area contributed by atoms with Crippen molar-refractivity contribution in [1.29, 1.82) is 0 Å². The topological polar surface area (TPSA) is 70.7 Å². The fourth-order valence-electron chi connectivity index (χ4n) is 5.23. The fourth-order valence-corrected chi connectivity index (χ4v) is 5.51. The molecule has 1 heterocycles. The molecule has 2 N–H and O–H groups in total. The number of rotatable bonds is 10. The van der Waals surface area contributed by atoms with Gasteiger partial charge in [0.2, 0.25) is 0 Å². The van der Waals surface area contributed by atoms with Gasteiger partial charge >= 0.3 is 12.0 Å². The molecule has 0 radical (unpaired) electrons. The van der Waals surface area contributed by atoms with Gasteiger partial charge < -0.3 is 20.3 Å². The van der Waals surface area contributed by atoms with Crippen LogP contribution in [0.4, 0.5) is 4.79 Å². The molecule has 194 valence electrons. The lowest BCUT2D eigenvalue weighted by molar-refractivity contribution is -0.143. The van der Waals surface area contributed by atoms with Crippen molar-refractivity contribution in [1.82, 2.24) is 15.5 Å². The van der Waals surface area contributed by atoms with E-state index in [-0.39, 0.29) is 23.8 Å². The van der Waals surface area contributed by atoms with Crippen molar-refractivity contribution >= 4 is 23.6 Å². The molecule has 0 spiro atoms. The minimum absolute atomic E-state index is 0.174. The highest BCUT2D eigenvalue weighted by Gasteiger charge is 2.47. The third-order valence-electron chi connectivity index (χ3n) is 7.21. The Morgan fingerprint density at radius 3 is 2.77 bits per heavy atom. The van der Waals surface area contributed by atoms with Gasteiger partial charge in [0.05, 0.1) is 18.6 Å². The number of halogens is 1. The fraction of sp³-hybridized carbons (Fsp3) is 0.643. The van der Waals surface area contributed by atoms with Crippen LogP contribution in [0.15, 0.2) is 30.0 Å². The van der Waals surface area contributed by atoms with Gasteiger partial charge in [0.25, 0.3) is 0 Å². The molecule has 1 saturated carbocycles. The van der Waals surface area contributed by atoms with Gasteiger partial charge in [-0.05, 0) is 93.1 Å². The van der Waals surface area contributed by atoms with E-state index in [9.17, 15) is 9.59 Å². The molecule has 6 nitrogen and oxygen atoms in total. The number of carbonyl (C=O) groups is 2. The van der Waals surface area contributed by atoms with Gasteiger partial charge in [0.1, 0.15) is 0 Å². The summed E-state index contributed by atoms with van der Waals surface area (Å²) < 4.78 is 5.06. The van der Waals surface area contributed by atoms with Crippen LogP contribution in [0.5, 0.6) is 0 Å². The van der Waals surface area contributed by atoms with Crippen molar-refractivity contribution in [2.45, 2.75) is 78.2 Å². The van der Waals surface area contributed by atoms with Gasteiger partial charge in [-0.3, -0.25) is 4.79 Å². The molecule has 1 aromatic rings. The Bertz CT molecular complexity index is 940. The zero-order chi connectivity index (χ0) is 25.6. The zero-order valence-corrected chi connectivity index (χ0v) is 22.8. The summed E-state index contributed by atoms with van der Waals surface area (Å²) in [5, 5.41) is 7.38. The van der Waals surface area contributed by atoms with E-state index in [1.54, 1.807) is 11.8 Å². The highest BCUT2D eigenvalue weighted by atomic mass is 35.5. The minimum atomic E-state index is -0.569. The monoisotopic (exact) mass is 503 g/mol. The summed E-state index contributed by atoms with van der Waals surface area (Å²) >= 11 is 6.80. The number of hydrogen-bond donors (Lipinski definition) is 2. The molecule has 1 aromatic carbocycles. The molecule has 2 unspecified atom stereocenters. The third-order valence-corrected chi connectivity index (χ3v) is 7.56. The van der Waals surface area contributed by atoms with E-state index in [1.165, 1.54) is 5.57 Å². The van der Waals surface area contributed by atoms with Crippen LogP contribution >= 0.6 is 11.6 Å². The Morgan fingerprint density at radius 1 is 1.34 bits per heavy atom. The van der Waals surface area contributed by atoms with Crippen LogP contribution in [0.25, 0.3) is 0 Å². The van der Waals surface area contributed by atoms with E-state index in [1.807, 2.05) is 13.2 Å². The highest BCUT2D eigenvalue weighted by Crippen LogP contribution is 2.48. The number of benzene rings is 1. The van der Waals surface area contributed by atoms with Gasteiger partial charge in [0.15, 0.2) is 0 Å². The maximum absolute atomic E-state index is 13.3. The molecule has 7 heteroatoms. The highest BCUT2D eigenvalue weighted by molar-refractivity contribution is 6.31. The van der Waals surface area contributed by atoms with Crippen LogP contribution in [0, 0.1) is 11.3 Å². The third kappa shape index (κ3) is 6.79. The SMILES string of the molecule is CCOC(=O)CCN1C=C2C(CCNC)CCCC2(c2ccc(CCC(C)(C)C)c(Cl)c2)NC1=O. The van der Waals surface area contributed by atoms with Crippen molar-refractivity contribution in [3.8, 4) is 0 Å². The van der Waals surface area contributed by atoms with Crippen molar-refractivity contribution in [2.24, 2.45) is 11.3 Å². The number of nitrogens with zero attached hydrogens (tertiary/aromatic N) is 1. The molecule has 3 rings (SSSR count). The molecule has 0 saturated heterocycles. The summed E-state index contributed by atoms with van der Waals surface area (Å²) in [7, 11) is 1.97. The first kappa shape index (κ1) is 27.5. The molecule has 1 aliphatic carbocycles. The van der Waals surface area contributed by atoms with Crippen molar-refractivity contribution < 1.29 is 14.3 Å². The molecule has 0 aromatic heterocycles. The van der Waals surface area contributed by atoms with Crippen LogP contribution in [-0.2, 0) is 21.5 Å². The van der Waals surface area contributed by atoms with E-state index in [2.05, 4.69) is 49.6 Å². The molecular weight excluding hydrogens is 462 g/mol. The lowest BCUT2D eigenvalue weighted by Gasteiger charge is -2.49. The average Bonchev–Trinajstić information content (AvgIpc) is 2.80. The number of nitrogens with one attached hydrogen (secondary N) is 2. The summed E-state index contributed by atoms with van der Waals surface area (Å²) in [6.45, 7) is 10.1. The predicted molar refractivity (Wildman–Crippen MR) is 141 cm³/mol. The molecule has 2 atom stereocenters. The zero-order valence-electron chi connectivity index (χ0n) is 22.0. The summed E-state index contributed by atoms with van der Waals surface area (Å²) in [5.74, 6) is 0.0461. The average molecular weight is 504 g/mol. The van der Waals surface area contributed by atoms with Crippen molar-refractivity contribution in [3.63, 3.8) is 0 Å². The number of esters is 1. The number of urea groups is 1. The molecule has 1 fully saturated rings.